The Morgan fingerprint density at radius 2 is 1.75 bits per heavy atom. The molecule has 0 aliphatic carbocycles. The molecule has 0 aromatic heterocycles. The Morgan fingerprint density at radius 1 is 1.19 bits per heavy atom. The Bertz CT molecular complexity index is 323. The molecule has 1 aromatic rings. The summed E-state index contributed by atoms with van der Waals surface area (Å²) in [6, 6.07) is 5.19. The van der Waals surface area contributed by atoms with Crippen molar-refractivity contribution in [1.29, 1.82) is 0 Å². The van der Waals surface area contributed by atoms with E-state index in [9.17, 15) is 17.6 Å². The first kappa shape index (κ1) is 13.3. The molecule has 0 bridgehead atoms. The SMILES string of the molecule is Fc1ccc(C(Cl)COCC(F)(F)F)cc1. The number of halogens is 5. The molecule has 1 atom stereocenters. The maximum atomic E-state index is 12.5. The Labute approximate surface area is 95.0 Å². The zero-order valence-electron chi connectivity index (χ0n) is 8.10. The maximum absolute atomic E-state index is 12.5. The second-order valence-electron chi connectivity index (χ2n) is 3.15. The fourth-order valence-corrected chi connectivity index (χ4v) is 1.28. The minimum Gasteiger partial charge on any atom is -0.370 e. The summed E-state index contributed by atoms with van der Waals surface area (Å²) in [6.45, 7) is -1.61. The van der Waals surface area contributed by atoms with Gasteiger partial charge in [-0.1, -0.05) is 12.1 Å². The van der Waals surface area contributed by atoms with Gasteiger partial charge in [0.2, 0.25) is 0 Å². The summed E-state index contributed by atoms with van der Waals surface area (Å²) in [4.78, 5) is 0. The highest BCUT2D eigenvalue weighted by Crippen LogP contribution is 2.22. The minimum atomic E-state index is -4.36. The van der Waals surface area contributed by atoms with E-state index in [1.54, 1.807) is 0 Å². The van der Waals surface area contributed by atoms with E-state index in [-0.39, 0.29) is 6.61 Å². The van der Waals surface area contributed by atoms with Gasteiger partial charge in [0, 0.05) is 0 Å². The third kappa shape index (κ3) is 4.81. The molecule has 0 spiro atoms. The molecule has 1 unspecified atom stereocenters. The van der Waals surface area contributed by atoms with Crippen molar-refractivity contribution in [1.82, 2.24) is 0 Å². The van der Waals surface area contributed by atoms with Crippen molar-refractivity contribution in [3.05, 3.63) is 35.6 Å². The van der Waals surface area contributed by atoms with Crippen molar-refractivity contribution in [3.63, 3.8) is 0 Å². The van der Waals surface area contributed by atoms with Gasteiger partial charge in [-0.25, -0.2) is 4.39 Å². The van der Waals surface area contributed by atoms with Crippen LogP contribution in [0.1, 0.15) is 10.9 Å². The molecular formula is C10H9ClF4O. The second kappa shape index (κ2) is 5.50. The van der Waals surface area contributed by atoms with Gasteiger partial charge in [-0.05, 0) is 17.7 Å². The van der Waals surface area contributed by atoms with Crippen molar-refractivity contribution in [3.8, 4) is 0 Å². The van der Waals surface area contributed by atoms with Crippen LogP contribution in [0.3, 0.4) is 0 Å². The number of benzene rings is 1. The highest BCUT2D eigenvalue weighted by atomic mass is 35.5. The van der Waals surface area contributed by atoms with Gasteiger partial charge in [0.25, 0.3) is 0 Å². The lowest BCUT2D eigenvalue weighted by Gasteiger charge is -2.12. The molecule has 0 saturated carbocycles. The summed E-state index contributed by atoms with van der Waals surface area (Å²) in [5.41, 5.74) is 0.519. The third-order valence-corrected chi connectivity index (χ3v) is 2.14. The molecule has 0 aliphatic rings. The first-order valence-electron chi connectivity index (χ1n) is 4.42. The van der Waals surface area contributed by atoms with Gasteiger partial charge in [0.05, 0.1) is 12.0 Å². The largest absolute Gasteiger partial charge is 0.411 e. The fraction of sp³-hybridized carbons (Fsp3) is 0.400. The van der Waals surface area contributed by atoms with E-state index in [4.69, 9.17) is 11.6 Å². The summed E-state index contributed by atoms with van der Waals surface area (Å²) < 4.78 is 52.2. The fourth-order valence-electron chi connectivity index (χ4n) is 1.05. The lowest BCUT2D eigenvalue weighted by molar-refractivity contribution is -0.173. The van der Waals surface area contributed by atoms with Crippen LogP contribution in [0.25, 0.3) is 0 Å². The number of ether oxygens (including phenoxy) is 1. The highest BCUT2D eigenvalue weighted by molar-refractivity contribution is 6.20. The van der Waals surface area contributed by atoms with Crippen LogP contribution >= 0.6 is 11.6 Å². The van der Waals surface area contributed by atoms with Crippen LogP contribution in [-0.4, -0.2) is 19.4 Å². The molecule has 16 heavy (non-hydrogen) atoms. The standard InChI is InChI=1S/C10H9ClF4O/c11-9(5-16-6-10(13,14)15)7-1-3-8(12)4-2-7/h1-4,9H,5-6H2. The van der Waals surface area contributed by atoms with Crippen molar-refractivity contribution in [2.24, 2.45) is 0 Å². The quantitative estimate of drug-likeness (QED) is 0.590. The minimum absolute atomic E-state index is 0.271. The molecule has 0 aliphatic heterocycles. The van der Waals surface area contributed by atoms with Crippen molar-refractivity contribution in [2.45, 2.75) is 11.6 Å². The van der Waals surface area contributed by atoms with Crippen LogP contribution < -0.4 is 0 Å². The monoisotopic (exact) mass is 256 g/mol. The van der Waals surface area contributed by atoms with E-state index < -0.39 is 24.0 Å². The van der Waals surface area contributed by atoms with Crippen LogP contribution in [0, 0.1) is 5.82 Å². The van der Waals surface area contributed by atoms with Crippen LogP contribution in [0.15, 0.2) is 24.3 Å². The van der Waals surface area contributed by atoms with Crippen LogP contribution in [0.4, 0.5) is 17.6 Å². The summed E-state index contributed by atoms with van der Waals surface area (Å²) in [5, 5.41) is -0.719. The molecule has 0 fully saturated rings. The Morgan fingerprint density at radius 3 is 2.25 bits per heavy atom. The van der Waals surface area contributed by atoms with Gasteiger partial charge >= 0.3 is 6.18 Å². The topological polar surface area (TPSA) is 9.23 Å². The van der Waals surface area contributed by atoms with E-state index >= 15 is 0 Å². The summed E-state index contributed by atoms with van der Waals surface area (Å²) in [7, 11) is 0. The molecule has 0 heterocycles. The summed E-state index contributed by atoms with van der Waals surface area (Å²) in [6.07, 6.45) is -4.36. The first-order chi connectivity index (χ1) is 7.38. The molecule has 0 N–H and O–H groups in total. The van der Waals surface area contributed by atoms with Crippen LogP contribution in [0.2, 0.25) is 0 Å². The van der Waals surface area contributed by atoms with E-state index in [1.165, 1.54) is 24.3 Å². The van der Waals surface area contributed by atoms with E-state index in [0.717, 1.165) is 0 Å². The Kier molecular flexibility index (Phi) is 4.56. The highest BCUT2D eigenvalue weighted by Gasteiger charge is 2.27. The second-order valence-corrected chi connectivity index (χ2v) is 3.68. The third-order valence-electron chi connectivity index (χ3n) is 1.76. The van der Waals surface area contributed by atoms with Gasteiger partial charge in [0.1, 0.15) is 12.4 Å². The average Bonchev–Trinajstić information content (AvgIpc) is 2.16. The van der Waals surface area contributed by atoms with Gasteiger partial charge in [-0.3, -0.25) is 0 Å². The predicted molar refractivity (Wildman–Crippen MR) is 51.9 cm³/mol. The summed E-state index contributed by atoms with van der Waals surface area (Å²) >= 11 is 5.77. The smallest absolute Gasteiger partial charge is 0.370 e. The molecule has 0 amide bonds. The van der Waals surface area contributed by atoms with Gasteiger partial charge in [-0.2, -0.15) is 13.2 Å². The molecule has 0 saturated heterocycles. The van der Waals surface area contributed by atoms with Gasteiger partial charge < -0.3 is 4.74 Å². The molecule has 1 rings (SSSR count). The van der Waals surface area contributed by atoms with Gasteiger partial charge in [-0.15, -0.1) is 11.6 Å². The van der Waals surface area contributed by atoms with Crippen molar-refractivity contribution >= 4 is 11.6 Å². The average molecular weight is 257 g/mol. The lowest BCUT2D eigenvalue weighted by atomic mass is 10.1. The Hall–Kier alpha value is -0.810. The summed E-state index contributed by atoms with van der Waals surface area (Å²) in [5.74, 6) is -0.427. The van der Waals surface area contributed by atoms with E-state index in [2.05, 4.69) is 4.74 Å². The van der Waals surface area contributed by atoms with E-state index in [0.29, 0.717) is 5.56 Å². The molecule has 90 valence electrons. The molecule has 0 radical (unpaired) electrons. The number of alkyl halides is 4. The van der Waals surface area contributed by atoms with Crippen LogP contribution in [-0.2, 0) is 4.74 Å². The zero-order valence-corrected chi connectivity index (χ0v) is 8.85. The molecular weight excluding hydrogens is 248 g/mol. The molecule has 1 aromatic carbocycles. The predicted octanol–water partition coefficient (Wildman–Crippen LogP) is 3.68. The molecule has 1 nitrogen and oxygen atoms in total. The lowest BCUT2D eigenvalue weighted by Crippen LogP contribution is -2.18. The van der Waals surface area contributed by atoms with Crippen molar-refractivity contribution < 1.29 is 22.3 Å². The normalized spacial score (nSPS) is 13.8. The molecule has 6 heteroatoms. The van der Waals surface area contributed by atoms with E-state index in [1.807, 2.05) is 0 Å². The number of hydrogen-bond donors (Lipinski definition) is 0. The Balaban J connectivity index is 2.41. The number of hydrogen-bond acceptors (Lipinski definition) is 1. The van der Waals surface area contributed by atoms with Crippen molar-refractivity contribution in [2.75, 3.05) is 13.2 Å². The maximum Gasteiger partial charge on any atom is 0.411 e. The first-order valence-corrected chi connectivity index (χ1v) is 4.86. The van der Waals surface area contributed by atoms with Gasteiger partial charge in [0.15, 0.2) is 0 Å². The zero-order chi connectivity index (χ0) is 12.2. The van der Waals surface area contributed by atoms with Crippen LogP contribution in [0.5, 0.6) is 0 Å². The number of rotatable bonds is 4.